The summed E-state index contributed by atoms with van der Waals surface area (Å²) in [6.07, 6.45) is 1.84. The lowest BCUT2D eigenvalue weighted by molar-refractivity contribution is 0.166. The monoisotopic (exact) mass is 322 g/mol. The number of carbonyl (C=O) groups is 1. The first-order valence-corrected chi connectivity index (χ1v) is 8.60. The fraction of sp³-hybridized carbons (Fsp3) is 0.588. The highest BCUT2D eigenvalue weighted by Gasteiger charge is 2.28. The first-order valence-electron chi connectivity index (χ1n) is 7.78. The maximum atomic E-state index is 12.3. The van der Waals surface area contributed by atoms with Crippen molar-refractivity contribution in [2.75, 3.05) is 18.5 Å². The van der Waals surface area contributed by atoms with E-state index in [0.717, 1.165) is 24.1 Å². The number of nitrogens with zero attached hydrogens (tertiary/aromatic N) is 1. The summed E-state index contributed by atoms with van der Waals surface area (Å²) in [5.41, 5.74) is 1.90. The van der Waals surface area contributed by atoms with Gasteiger partial charge in [-0.2, -0.15) is 0 Å². The van der Waals surface area contributed by atoms with E-state index in [1.54, 1.807) is 4.90 Å². The summed E-state index contributed by atoms with van der Waals surface area (Å²) in [5.74, 6) is 0. The summed E-state index contributed by atoms with van der Waals surface area (Å²) in [4.78, 5) is 15.3. The van der Waals surface area contributed by atoms with Gasteiger partial charge in [0.15, 0.2) is 0 Å². The third-order valence-electron chi connectivity index (χ3n) is 3.71. The molecule has 1 aliphatic rings. The third-order valence-corrected chi connectivity index (χ3v) is 4.81. The first kappa shape index (κ1) is 17.2. The smallest absolute Gasteiger partial charge is 0.322 e. The highest BCUT2D eigenvalue weighted by Crippen LogP contribution is 2.33. The van der Waals surface area contributed by atoms with Gasteiger partial charge in [-0.05, 0) is 43.5 Å². The van der Waals surface area contributed by atoms with Crippen molar-refractivity contribution in [3.63, 3.8) is 0 Å². The molecule has 2 N–H and O–H groups in total. The number of hydrogen-bond donors (Lipinski definition) is 2. The minimum Gasteiger partial charge on any atom is -0.394 e. The number of thioether (sulfide) groups is 1. The summed E-state index contributed by atoms with van der Waals surface area (Å²) in [7, 11) is 0. The van der Waals surface area contributed by atoms with Crippen molar-refractivity contribution >= 4 is 23.5 Å². The predicted octanol–water partition coefficient (Wildman–Crippen LogP) is 3.87. The van der Waals surface area contributed by atoms with Crippen molar-refractivity contribution in [1.82, 2.24) is 4.90 Å². The summed E-state index contributed by atoms with van der Waals surface area (Å²) < 4.78 is 0.168. The minimum absolute atomic E-state index is 0.0353. The van der Waals surface area contributed by atoms with Gasteiger partial charge in [0, 0.05) is 21.9 Å². The summed E-state index contributed by atoms with van der Waals surface area (Å²) in [6, 6.07) is 5.96. The first-order chi connectivity index (χ1) is 10.3. The third kappa shape index (κ3) is 4.40. The van der Waals surface area contributed by atoms with Crippen LogP contribution in [0.4, 0.5) is 10.5 Å². The molecule has 0 aromatic heterocycles. The van der Waals surface area contributed by atoms with Gasteiger partial charge in [0.2, 0.25) is 0 Å². The molecular weight excluding hydrogens is 296 g/mol. The molecule has 1 saturated heterocycles. The summed E-state index contributed by atoms with van der Waals surface area (Å²) in [6.45, 7) is 9.32. The van der Waals surface area contributed by atoms with E-state index in [-0.39, 0.29) is 23.4 Å². The molecule has 1 aromatic rings. The van der Waals surface area contributed by atoms with Crippen molar-refractivity contribution in [3.05, 3.63) is 23.8 Å². The van der Waals surface area contributed by atoms with Gasteiger partial charge in [-0.1, -0.05) is 20.8 Å². The Morgan fingerprint density at radius 3 is 2.77 bits per heavy atom. The van der Waals surface area contributed by atoms with E-state index in [1.165, 1.54) is 4.90 Å². The lowest BCUT2D eigenvalue weighted by Crippen LogP contribution is -2.40. The molecule has 5 heteroatoms. The number of carbonyl (C=O) groups excluding carboxylic acids is 1. The minimum atomic E-state index is -0.115. The largest absolute Gasteiger partial charge is 0.394 e. The van der Waals surface area contributed by atoms with Gasteiger partial charge < -0.3 is 15.3 Å². The van der Waals surface area contributed by atoms with Gasteiger partial charge in [0.05, 0.1) is 12.6 Å². The van der Waals surface area contributed by atoms with Crippen LogP contribution in [0.25, 0.3) is 0 Å². The Labute approximate surface area is 137 Å². The van der Waals surface area contributed by atoms with Crippen LogP contribution in [0.5, 0.6) is 0 Å². The van der Waals surface area contributed by atoms with Crippen molar-refractivity contribution in [2.24, 2.45) is 0 Å². The van der Waals surface area contributed by atoms with Crippen LogP contribution < -0.4 is 5.32 Å². The Balaban J connectivity index is 2.05. The highest BCUT2D eigenvalue weighted by atomic mass is 32.2. The SMILES string of the molecule is Cc1cc(SC(C)(C)C)ccc1NC(=O)N1CCC[C@H]1CO. The normalized spacial score (nSPS) is 18.6. The maximum Gasteiger partial charge on any atom is 0.322 e. The number of rotatable bonds is 3. The zero-order chi connectivity index (χ0) is 16.3. The highest BCUT2D eigenvalue weighted by molar-refractivity contribution is 8.00. The lowest BCUT2D eigenvalue weighted by Gasteiger charge is -2.24. The molecule has 1 aromatic carbocycles. The molecule has 1 fully saturated rings. The number of aliphatic hydroxyl groups is 1. The topological polar surface area (TPSA) is 52.6 Å². The number of aliphatic hydroxyl groups excluding tert-OH is 1. The van der Waals surface area contributed by atoms with Gasteiger partial charge >= 0.3 is 6.03 Å². The summed E-state index contributed by atoms with van der Waals surface area (Å²) >= 11 is 1.82. The van der Waals surface area contributed by atoms with E-state index in [0.29, 0.717) is 6.54 Å². The van der Waals surface area contributed by atoms with Crippen LogP contribution in [-0.4, -0.2) is 40.0 Å². The number of nitrogens with one attached hydrogen (secondary N) is 1. The van der Waals surface area contributed by atoms with Crippen molar-refractivity contribution in [3.8, 4) is 0 Å². The number of benzene rings is 1. The average Bonchev–Trinajstić information content (AvgIpc) is 2.88. The Kier molecular flexibility index (Phi) is 5.40. The second kappa shape index (κ2) is 6.92. The molecule has 0 radical (unpaired) electrons. The molecule has 4 nitrogen and oxygen atoms in total. The van der Waals surface area contributed by atoms with Gasteiger partial charge in [0.1, 0.15) is 0 Å². The number of aryl methyl sites for hydroxylation is 1. The predicted molar refractivity (Wildman–Crippen MR) is 92.6 cm³/mol. The number of likely N-dealkylation sites (tertiary alicyclic amines) is 1. The van der Waals surface area contributed by atoms with Crippen LogP contribution in [0.2, 0.25) is 0 Å². The van der Waals surface area contributed by atoms with E-state index < -0.39 is 0 Å². The zero-order valence-electron chi connectivity index (χ0n) is 13.8. The number of amides is 2. The Hall–Kier alpha value is -1.20. The number of hydrogen-bond acceptors (Lipinski definition) is 3. The van der Waals surface area contributed by atoms with Gasteiger partial charge in [0.25, 0.3) is 0 Å². The van der Waals surface area contributed by atoms with E-state index in [4.69, 9.17) is 0 Å². The Bertz CT molecular complexity index is 540. The zero-order valence-corrected chi connectivity index (χ0v) is 14.7. The molecule has 1 aliphatic heterocycles. The fourth-order valence-corrected chi connectivity index (χ4v) is 3.75. The van der Waals surface area contributed by atoms with Gasteiger partial charge in [-0.3, -0.25) is 0 Å². The molecule has 0 aliphatic carbocycles. The second-order valence-corrected chi connectivity index (χ2v) is 8.69. The van der Waals surface area contributed by atoms with E-state index in [2.05, 4.69) is 32.2 Å². The van der Waals surface area contributed by atoms with E-state index >= 15 is 0 Å². The average molecular weight is 322 g/mol. The lowest BCUT2D eigenvalue weighted by atomic mass is 10.2. The molecule has 0 saturated carbocycles. The molecule has 2 amide bonds. The quantitative estimate of drug-likeness (QED) is 0.831. The standard InChI is InChI=1S/C17H26N2O2S/c1-12-10-14(22-17(2,3)4)7-8-15(12)18-16(21)19-9-5-6-13(19)11-20/h7-8,10,13,20H,5-6,9,11H2,1-4H3,(H,18,21)/t13-/m0/s1. The van der Waals surface area contributed by atoms with Crippen molar-refractivity contribution in [1.29, 1.82) is 0 Å². The molecular formula is C17H26N2O2S. The summed E-state index contributed by atoms with van der Waals surface area (Å²) in [5, 5.41) is 12.3. The molecule has 0 unspecified atom stereocenters. The van der Waals surface area contributed by atoms with Crippen LogP contribution in [0.3, 0.4) is 0 Å². The number of anilines is 1. The van der Waals surface area contributed by atoms with Gasteiger partial charge in [-0.15, -0.1) is 11.8 Å². The Morgan fingerprint density at radius 1 is 1.45 bits per heavy atom. The second-order valence-electron chi connectivity index (χ2n) is 6.79. The van der Waals surface area contributed by atoms with Crippen LogP contribution in [0.1, 0.15) is 39.2 Å². The van der Waals surface area contributed by atoms with E-state index in [9.17, 15) is 9.90 Å². The Morgan fingerprint density at radius 2 is 2.18 bits per heavy atom. The molecule has 1 atom stereocenters. The maximum absolute atomic E-state index is 12.3. The van der Waals surface area contributed by atoms with Crippen molar-refractivity contribution < 1.29 is 9.90 Å². The molecule has 0 bridgehead atoms. The molecule has 122 valence electrons. The fourth-order valence-electron chi connectivity index (χ4n) is 2.67. The van der Waals surface area contributed by atoms with Crippen LogP contribution >= 0.6 is 11.8 Å². The van der Waals surface area contributed by atoms with Crippen molar-refractivity contribution in [2.45, 2.75) is 56.2 Å². The molecule has 22 heavy (non-hydrogen) atoms. The van der Waals surface area contributed by atoms with Crippen LogP contribution in [-0.2, 0) is 0 Å². The van der Waals surface area contributed by atoms with Gasteiger partial charge in [-0.25, -0.2) is 4.79 Å². The number of urea groups is 1. The molecule has 0 spiro atoms. The van der Waals surface area contributed by atoms with Crippen LogP contribution in [0, 0.1) is 6.92 Å². The molecule has 1 heterocycles. The van der Waals surface area contributed by atoms with Crippen LogP contribution in [0.15, 0.2) is 23.1 Å². The van der Waals surface area contributed by atoms with E-state index in [1.807, 2.05) is 30.8 Å². The molecule has 2 rings (SSSR count).